The lowest BCUT2D eigenvalue weighted by atomic mass is 9.44. The van der Waals surface area contributed by atoms with Crippen molar-refractivity contribution in [2.75, 3.05) is 7.11 Å². The molecule has 0 aromatic heterocycles. The summed E-state index contributed by atoms with van der Waals surface area (Å²) in [6.45, 7) is 7.48. The molecule has 0 radical (unpaired) electrons. The minimum Gasteiger partial charge on any atom is -0.469 e. The molecule has 0 saturated heterocycles. The van der Waals surface area contributed by atoms with Gasteiger partial charge in [0, 0.05) is 12.3 Å². The first-order chi connectivity index (χ1) is 15.2. The summed E-state index contributed by atoms with van der Waals surface area (Å²) in [6.07, 6.45) is 17.7. The van der Waals surface area contributed by atoms with E-state index < -0.39 is 5.97 Å². The summed E-state index contributed by atoms with van der Waals surface area (Å²) in [5.41, 5.74) is 0.789. The second-order valence-corrected chi connectivity index (χ2v) is 11.9. The van der Waals surface area contributed by atoms with Gasteiger partial charge in [0.05, 0.1) is 7.11 Å². The number of hydrogen-bond acceptors (Lipinski definition) is 4. The molecule has 4 saturated carbocycles. The first-order valence-corrected chi connectivity index (χ1v) is 13.0. The highest BCUT2D eigenvalue weighted by atomic mass is 16.5. The van der Waals surface area contributed by atoms with E-state index in [2.05, 4.69) is 26.7 Å². The van der Waals surface area contributed by atoms with E-state index in [0.29, 0.717) is 29.1 Å². The molecule has 0 heterocycles. The van der Waals surface area contributed by atoms with Crippen molar-refractivity contribution in [3.63, 3.8) is 0 Å². The van der Waals surface area contributed by atoms with Crippen LogP contribution >= 0.6 is 0 Å². The molecule has 4 heteroatoms. The van der Waals surface area contributed by atoms with Gasteiger partial charge in [0.1, 0.15) is 6.10 Å². The van der Waals surface area contributed by atoms with Gasteiger partial charge in [-0.3, -0.25) is 4.79 Å². The van der Waals surface area contributed by atoms with E-state index in [-0.39, 0.29) is 12.1 Å². The molecule has 4 rings (SSSR count). The lowest BCUT2D eigenvalue weighted by molar-refractivity contribution is -0.157. The van der Waals surface area contributed by atoms with Gasteiger partial charge in [-0.1, -0.05) is 20.8 Å². The van der Waals surface area contributed by atoms with Crippen LogP contribution in [0, 0.1) is 58.7 Å². The number of carbonyl (C=O) groups excluding carboxylic acids is 2. The van der Waals surface area contributed by atoms with Crippen molar-refractivity contribution in [3.05, 3.63) is 0 Å². The predicted molar refractivity (Wildman–Crippen MR) is 124 cm³/mol. The average molecular weight is 443 g/mol. The number of esters is 2. The van der Waals surface area contributed by atoms with E-state index in [0.717, 1.165) is 49.4 Å². The zero-order chi connectivity index (χ0) is 23.1. The Labute approximate surface area is 194 Å². The molecule has 4 aliphatic carbocycles. The van der Waals surface area contributed by atoms with Crippen LogP contribution in [0.5, 0.6) is 0 Å². The molecule has 0 unspecified atom stereocenters. The Morgan fingerprint density at radius 2 is 1.75 bits per heavy atom. The number of methoxy groups -OCH3 is 1. The van der Waals surface area contributed by atoms with Crippen molar-refractivity contribution in [2.24, 2.45) is 46.3 Å². The molecule has 0 spiro atoms. The maximum absolute atomic E-state index is 11.7. The number of terminal acetylenes is 1. The molecule has 4 nitrogen and oxygen atoms in total. The Morgan fingerprint density at radius 3 is 2.47 bits per heavy atom. The largest absolute Gasteiger partial charge is 0.469 e. The first kappa shape index (κ1) is 23.7. The molecular weight excluding hydrogens is 400 g/mol. The van der Waals surface area contributed by atoms with Crippen LogP contribution in [0.15, 0.2) is 0 Å². The highest BCUT2D eigenvalue weighted by molar-refractivity contribution is 5.87. The van der Waals surface area contributed by atoms with Crippen LogP contribution < -0.4 is 0 Å². The Bertz CT molecular complexity index is 768. The van der Waals surface area contributed by atoms with E-state index in [1.165, 1.54) is 45.6 Å². The van der Waals surface area contributed by atoms with Crippen molar-refractivity contribution in [2.45, 2.75) is 97.5 Å². The topological polar surface area (TPSA) is 52.6 Å². The van der Waals surface area contributed by atoms with Crippen LogP contribution in [0.25, 0.3) is 0 Å². The van der Waals surface area contributed by atoms with Crippen molar-refractivity contribution in [1.29, 1.82) is 0 Å². The second kappa shape index (κ2) is 9.03. The molecule has 0 amide bonds. The minimum absolute atomic E-state index is 0.00792. The monoisotopic (exact) mass is 442 g/mol. The number of carbonyl (C=O) groups is 2. The van der Waals surface area contributed by atoms with E-state index in [1.807, 2.05) is 0 Å². The SMILES string of the molecule is C#CC(=O)O[C@@H]1CC[C@@]2(C)[C@H](CC[C@@H]3[C@@H]2CC[C@]2(C)[C@@H]([C@H](C)CCC(=O)OC)CC[C@@H]32)C1. The molecule has 178 valence electrons. The third-order valence-corrected chi connectivity index (χ3v) is 10.8. The van der Waals surface area contributed by atoms with Crippen molar-refractivity contribution >= 4 is 11.9 Å². The normalized spacial score (nSPS) is 43.7. The average Bonchev–Trinajstić information content (AvgIpc) is 3.14. The molecule has 0 bridgehead atoms. The van der Waals surface area contributed by atoms with Gasteiger partial charge in [0.25, 0.3) is 0 Å². The van der Waals surface area contributed by atoms with E-state index >= 15 is 0 Å². The Morgan fingerprint density at radius 1 is 1.03 bits per heavy atom. The van der Waals surface area contributed by atoms with Crippen molar-refractivity contribution in [1.82, 2.24) is 0 Å². The quantitative estimate of drug-likeness (QED) is 0.308. The van der Waals surface area contributed by atoms with Gasteiger partial charge in [0.15, 0.2) is 0 Å². The maximum atomic E-state index is 11.7. The summed E-state index contributed by atoms with van der Waals surface area (Å²) < 4.78 is 10.4. The van der Waals surface area contributed by atoms with Gasteiger partial charge in [-0.2, -0.15) is 0 Å². The highest BCUT2D eigenvalue weighted by Gasteiger charge is 2.60. The lowest BCUT2D eigenvalue weighted by Gasteiger charge is -2.61. The molecule has 4 fully saturated rings. The number of hydrogen-bond donors (Lipinski definition) is 0. The molecule has 0 aromatic carbocycles. The standard InChI is InChI=1S/C28H42O4/c1-6-25(29)32-20-13-15-27(3)19(17-20)8-9-21-23-11-10-22(18(2)7-12-26(30)31-5)28(23,4)16-14-24(21)27/h1,18-24H,7-17H2,2-5H3/t18-,19-,20-,21+,22-,23+,24+,27+,28-/m1/s1. The summed E-state index contributed by atoms with van der Waals surface area (Å²) in [5, 5.41) is 0. The molecular formula is C28H42O4. The van der Waals surface area contributed by atoms with Gasteiger partial charge in [-0.15, -0.1) is 6.42 Å². The summed E-state index contributed by atoms with van der Waals surface area (Å²) in [5.74, 6) is 5.94. The van der Waals surface area contributed by atoms with Crippen LogP contribution in [0.2, 0.25) is 0 Å². The van der Waals surface area contributed by atoms with E-state index in [4.69, 9.17) is 15.9 Å². The van der Waals surface area contributed by atoms with Crippen LogP contribution in [0.1, 0.15) is 91.4 Å². The summed E-state index contributed by atoms with van der Waals surface area (Å²) in [6, 6.07) is 0. The smallest absolute Gasteiger partial charge is 0.384 e. The van der Waals surface area contributed by atoms with Gasteiger partial charge in [-0.05, 0) is 111 Å². The Balaban J connectivity index is 1.44. The fourth-order valence-electron chi connectivity index (χ4n) is 9.14. The number of rotatable bonds is 5. The molecule has 0 N–H and O–H groups in total. The van der Waals surface area contributed by atoms with E-state index in [1.54, 1.807) is 0 Å². The highest BCUT2D eigenvalue weighted by Crippen LogP contribution is 2.68. The molecule has 0 aromatic rings. The Kier molecular flexibility index (Phi) is 6.68. The van der Waals surface area contributed by atoms with Crippen LogP contribution in [0.4, 0.5) is 0 Å². The first-order valence-electron chi connectivity index (χ1n) is 13.0. The fraction of sp³-hybridized carbons (Fsp3) is 0.857. The second-order valence-electron chi connectivity index (χ2n) is 11.9. The van der Waals surface area contributed by atoms with Crippen LogP contribution in [0.3, 0.4) is 0 Å². The van der Waals surface area contributed by atoms with Crippen molar-refractivity contribution < 1.29 is 19.1 Å². The zero-order valence-electron chi connectivity index (χ0n) is 20.5. The van der Waals surface area contributed by atoms with Gasteiger partial charge >= 0.3 is 11.9 Å². The number of ether oxygens (including phenoxy) is 2. The Hall–Kier alpha value is -1.50. The molecule has 9 atom stereocenters. The zero-order valence-corrected chi connectivity index (χ0v) is 20.5. The molecule has 4 aliphatic rings. The minimum atomic E-state index is -0.501. The van der Waals surface area contributed by atoms with Gasteiger partial charge < -0.3 is 9.47 Å². The molecule has 0 aliphatic heterocycles. The maximum Gasteiger partial charge on any atom is 0.384 e. The van der Waals surface area contributed by atoms with E-state index in [9.17, 15) is 9.59 Å². The number of fused-ring (bicyclic) bond motifs is 5. The lowest BCUT2D eigenvalue weighted by Crippen LogP contribution is -2.54. The van der Waals surface area contributed by atoms with Crippen LogP contribution in [-0.4, -0.2) is 25.2 Å². The third kappa shape index (κ3) is 3.99. The van der Waals surface area contributed by atoms with Gasteiger partial charge in [0.2, 0.25) is 0 Å². The fourth-order valence-corrected chi connectivity index (χ4v) is 9.14. The summed E-state index contributed by atoms with van der Waals surface area (Å²) in [4.78, 5) is 23.3. The summed E-state index contributed by atoms with van der Waals surface area (Å²) in [7, 11) is 1.49. The summed E-state index contributed by atoms with van der Waals surface area (Å²) >= 11 is 0. The van der Waals surface area contributed by atoms with Gasteiger partial charge in [-0.25, -0.2) is 4.79 Å². The predicted octanol–water partition coefficient (Wildman–Crippen LogP) is 5.78. The van der Waals surface area contributed by atoms with Crippen LogP contribution in [-0.2, 0) is 19.1 Å². The molecule has 32 heavy (non-hydrogen) atoms. The van der Waals surface area contributed by atoms with Crippen molar-refractivity contribution in [3.8, 4) is 12.3 Å². The third-order valence-electron chi connectivity index (χ3n) is 10.8.